The Morgan fingerprint density at radius 3 is 2.40 bits per heavy atom. The van der Waals surface area contributed by atoms with E-state index in [2.05, 4.69) is 22.5 Å². The fourth-order valence-corrected chi connectivity index (χ4v) is 5.59. The number of carbonyl (C=O) groups is 2. The van der Waals surface area contributed by atoms with Crippen molar-refractivity contribution in [2.45, 2.75) is 38.8 Å². The van der Waals surface area contributed by atoms with Crippen molar-refractivity contribution in [2.75, 3.05) is 38.2 Å². The quantitative estimate of drug-likeness (QED) is 0.534. The van der Waals surface area contributed by atoms with Gasteiger partial charge in [-0.05, 0) is 34.2 Å². The Balaban J connectivity index is 1.90. The van der Waals surface area contributed by atoms with Crippen LogP contribution >= 0.6 is 0 Å². The maximum absolute atomic E-state index is 12.5. The lowest BCUT2D eigenvalue weighted by molar-refractivity contribution is -0.131. The van der Waals surface area contributed by atoms with Crippen LogP contribution in [0.2, 0.25) is 0 Å². The van der Waals surface area contributed by atoms with Crippen LogP contribution in [0.3, 0.4) is 0 Å². The van der Waals surface area contributed by atoms with Gasteiger partial charge in [0.15, 0.2) is 9.84 Å². The van der Waals surface area contributed by atoms with Gasteiger partial charge in [-0.1, -0.05) is 0 Å². The Kier molecular flexibility index (Phi) is 5.51. The molecule has 0 aromatic rings. The van der Waals surface area contributed by atoms with Crippen LogP contribution in [0, 0.1) is 11.3 Å². The van der Waals surface area contributed by atoms with E-state index in [0.29, 0.717) is 12.6 Å². The Labute approximate surface area is 149 Å². The smallest absolute Gasteiger partial charge is 0.228 e. The number of sulfone groups is 1. The highest BCUT2D eigenvalue weighted by Crippen LogP contribution is 2.32. The zero-order valence-electron chi connectivity index (χ0n) is 15.3. The number of hydrogen-bond donors (Lipinski definition) is 3. The van der Waals surface area contributed by atoms with Crippen molar-refractivity contribution in [1.29, 1.82) is 0 Å². The first-order valence-electron chi connectivity index (χ1n) is 8.52. The molecule has 9 heteroatoms. The minimum atomic E-state index is -3.12. The highest BCUT2D eigenvalue weighted by atomic mass is 32.2. The Hall–Kier alpha value is -1.19. The third-order valence-corrected chi connectivity index (χ3v) is 7.45. The molecule has 2 amide bonds. The molecule has 3 atom stereocenters. The number of hydrogen-bond acceptors (Lipinski definition) is 6. The zero-order valence-corrected chi connectivity index (χ0v) is 16.1. The van der Waals surface area contributed by atoms with Gasteiger partial charge in [-0.3, -0.25) is 9.59 Å². The number of likely N-dealkylation sites (tertiary alicyclic amines) is 1. The molecular formula is C16H29N3O5S. The average Bonchev–Trinajstić information content (AvgIpc) is 2.82. The van der Waals surface area contributed by atoms with Crippen molar-refractivity contribution in [3.63, 3.8) is 0 Å². The van der Waals surface area contributed by atoms with Crippen LogP contribution in [0.5, 0.6) is 0 Å². The zero-order chi connectivity index (χ0) is 19.0. The van der Waals surface area contributed by atoms with Crippen LogP contribution < -0.4 is 10.6 Å². The lowest BCUT2D eigenvalue weighted by Gasteiger charge is -2.37. The minimum Gasteiger partial charge on any atom is -0.394 e. The van der Waals surface area contributed by atoms with Crippen LogP contribution in [0.4, 0.5) is 0 Å². The summed E-state index contributed by atoms with van der Waals surface area (Å²) in [6.45, 7) is 5.71. The van der Waals surface area contributed by atoms with Gasteiger partial charge in [0.25, 0.3) is 0 Å². The summed E-state index contributed by atoms with van der Waals surface area (Å²) < 4.78 is 22.7. The summed E-state index contributed by atoms with van der Waals surface area (Å²) in [5.41, 5.74) is -1.92. The second kappa shape index (κ2) is 6.85. The van der Waals surface area contributed by atoms with Crippen molar-refractivity contribution < 1.29 is 23.1 Å². The number of aliphatic hydroxyl groups is 1. The topological polar surface area (TPSA) is 116 Å². The standard InChI is InChI=1S/C16H29N3O5S/c1-11-5-12(6-19(11)4)13(21)18-16(3,8-20)7-17-14(22)15(2)9-25(23,24)10-15/h11-12,20H,5-10H2,1-4H3,(H,17,22)(H,18,21)/t11-,12+,16?/m1/s1. The van der Waals surface area contributed by atoms with Crippen LogP contribution in [0.1, 0.15) is 27.2 Å². The number of nitrogens with one attached hydrogen (secondary N) is 2. The predicted octanol–water partition coefficient (Wildman–Crippen LogP) is -1.26. The lowest BCUT2D eigenvalue weighted by atomic mass is 9.92. The number of rotatable bonds is 6. The first-order valence-corrected chi connectivity index (χ1v) is 10.3. The molecule has 2 rings (SSSR count). The SMILES string of the molecule is C[C@@H]1C[C@H](C(=O)NC(C)(CO)CNC(=O)C2(C)CS(=O)(=O)C2)CN1C. The number of aliphatic hydroxyl groups excluding tert-OH is 1. The van der Waals surface area contributed by atoms with Gasteiger partial charge in [-0.2, -0.15) is 0 Å². The molecule has 2 aliphatic rings. The van der Waals surface area contributed by atoms with E-state index in [1.54, 1.807) is 13.8 Å². The molecule has 0 aromatic carbocycles. The molecule has 2 heterocycles. The summed E-state index contributed by atoms with van der Waals surface area (Å²) in [5, 5.41) is 15.2. The Bertz CT molecular complexity index is 628. The predicted molar refractivity (Wildman–Crippen MR) is 93.6 cm³/mol. The first kappa shape index (κ1) is 20.1. The molecule has 2 fully saturated rings. The molecule has 8 nitrogen and oxygen atoms in total. The Morgan fingerprint density at radius 1 is 1.36 bits per heavy atom. The van der Waals surface area contributed by atoms with Gasteiger partial charge in [-0.15, -0.1) is 0 Å². The molecule has 2 saturated heterocycles. The fourth-order valence-electron chi connectivity index (χ4n) is 3.47. The van der Waals surface area contributed by atoms with Gasteiger partial charge in [0, 0.05) is 19.1 Å². The third-order valence-electron chi connectivity index (χ3n) is 5.30. The van der Waals surface area contributed by atoms with Gasteiger partial charge < -0.3 is 20.6 Å². The maximum atomic E-state index is 12.5. The van der Waals surface area contributed by atoms with Gasteiger partial charge in [0.1, 0.15) is 0 Å². The van der Waals surface area contributed by atoms with E-state index >= 15 is 0 Å². The molecule has 0 spiro atoms. The molecule has 25 heavy (non-hydrogen) atoms. The summed E-state index contributed by atoms with van der Waals surface area (Å²) in [4.78, 5) is 26.8. The third kappa shape index (κ3) is 4.51. The molecule has 0 radical (unpaired) electrons. The molecular weight excluding hydrogens is 346 g/mol. The number of nitrogens with zero attached hydrogens (tertiary/aromatic N) is 1. The molecule has 0 saturated carbocycles. The Morgan fingerprint density at radius 2 is 1.96 bits per heavy atom. The van der Waals surface area contributed by atoms with E-state index in [1.165, 1.54) is 0 Å². The first-order chi connectivity index (χ1) is 11.4. The lowest BCUT2D eigenvalue weighted by Crippen LogP contribution is -2.61. The van der Waals surface area contributed by atoms with Crippen LogP contribution in [-0.2, 0) is 19.4 Å². The normalized spacial score (nSPS) is 30.1. The van der Waals surface area contributed by atoms with E-state index in [1.807, 2.05) is 7.05 Å². The summed E-state index contributed by atoms with van der Waals surface area (Å²) in [6, 6.07) is 0.330. The molecule has 0 bridgehead atoms. The van der Waals surface area contributed by atoms with Gasteiger partial charge in [0.2, 0.25) is 11.8 Å². The van der Waals surface area contributed by atoms with E-state index in [9.17, 15) is 23.1 Å². The van der Waals surface area contributed by atoms with Gasteiger partial charge in [-0.25, -0.2) is 8.42 Å². The van der Waals surface area contributed by atoms with E-state index < -0.39 is 20.8 Å². The molecule has 1 unspecified atom stereocenters. The molecule has 0 aliphatic carbocycles. The number of carbonyl (C=O) groups excluding carboxylic acids is 2. The van der Waals surface area contributed by atoms with E-state index in [4.69, 9.17) is 0 Å². The van der Waals surface area contributed by atoms with E-state index in [-0.39, 0.29) is 42.4 Å². The number of amides is 2. The molecule has 144 valence electrons. The van der Waals surface area contributed by atoms with Crippen molar-refractivity contribution >= 4 is 21.7 Å². The average molecular weight is 375 g/mol. The molecule has 3 N–H and O–H groups in total. The summed E-state index contributed by atoms with van der Waals surface area (Å²) in [7, 11) is -1.15. The minimum absolute atomic E-state index is 0.0435. The van der Waals surface area contributed by atoms with Crippen molar-refractivity contribution in [3.8, 4) is 0 Å². The van der Waals surface area contributed by atoms with Crippen LogP contribution in [0.15, 0.2) is 0 Å². The van der Waals surface area contributed by atoms with Crippen molar-refractivity contribution in [1.82, 2.24) is 15.5 Å². The summed E-state index contributed by atoms with van der Waals surface area (Å²) in [5.74, 6) is -0.985. The summed E-state index contributed by atoms with van der Waals surface area (Å²) in [6.07, 6.45) is 0.756. The van der Waals surface area contributed by atoms with Gasteiger partial charge >= 0.3 is 0 Å². The van der Waals surface area contributed by atoms with Gasteiger partial charge in [0.05, 0.1) is 35.0 Å². The highest BCUT2D eigenvalue weighted by molar-refractivity contribution is 7.93. The monoisotopic (exact) mass is 375 g/mol. The largest absolute Gasteiger partial charge is 0.394 e. The molecule has 0 aromatic heterocycles. The highest BCUT2D eigenvalue weighted by Gasteiger charge is 2.50. The summed E-state index contributed by atoms with van der Waals surface area (Å²) >= 11 is 0. The second-order valence-electron chi connectivity index (χ2n) is 8.20. The maximum Gasteiger partial charge on any atom is 0.228 e. The van der Waals surface area contributed by atoms with Crippen molar-refractivity contribution in [3.05, 3.63) is 0 Å². The van der Waals surface area contributed by atoms with Crippen LogP contribution in [-0.4, -0.2) is 80.1 Å². The molecule has 2 aliphatic heterocycles. The second-order valence-corrected chi connectivity index (χ2v) is 10.3. The van der Waals surface area contributed by atoms with E-state index in [0.717, 1.165) is 6.42 Å². The fraction of sp³-hybridized carbons (Fsp3) is 0.875. The van der Waals surface area contributed by atoms with Crippen LogP contribution in [0.25, 0.3) is 0 Å². The van der Waals surface area contributed by atoms with Crippen molar-refractivity contribution in [2.24, 2.45) is 11.3 Å².